The number of nitrogens with zero attached hydrogens (tertiary/aromatic N) is 4. The van der Waals surface area contributed by atoms with Crippen molar-refractivity contribution < 1.29 is 4.79 Å². The third kappa shape index (κ3) is 1.69. The lowest BCUT2D eigenvalue weighted by Crippen LogP contribution is -2.10. The molecule has 0 aliphatic carbocycles. The van der Waals surface area contributed by atoms with E-state index in [2.05, 4.69) is 15.2 Å². The Morgan fingerprint density at radius 2 is 2.27 bits per heavy atom. The molecule has 0 fully saturated rings. The van der Waals surface area contributed by atoms with Crippen LogP contribution in [-0.2, 0) is 7.05 Å². The smallest absolute Gasteiger partial charge is 0.248 e. The van der Waals surface area contributed by atoms with E-state index in [1.165, 1.54) is 12.5 Å². The zero-order chi connectivity index (χ0) is 10.8. The van der Waals surface area contributed by atoms with Crippen LogP contribution in [0.2, 0.25) is 0 Å². The van der Waals surface area contributed by atoms with Gasteiger partial charge < -0.3 is 10.3 Å². The molecule has 0 aliphatic heterocycles. The molecule has 2 heterocycles. The minimum absolute atomic E-state index is 0.257. The van der Waals surface area contributed by atoms with E-state index in [0.29, 0.717) is 11.4 Å². The number of carbonyl (C=O) groups excluding carboxylic acids is 1. The van der Waals surface area contributed by atoms with Crippen LogP contribution in [0.3, 0.4) is 0 Å². The van der Waals surface area contributed by atoms with Crippen molar-refractivity contribution in [3.8, 4) is 0 Å². The van der Waals surface area contributed by atoms with Crippen LogP contribution < -0.4 is 5.73 Å². The van der Waals surface area contributed by atoms with E-state index in [4.69, 9.17) is 5.73 Å². The molecular weight excluding hydrogens is 194 g/mol. The molecule has 0 saturated heterocycles. The third-order valence-corrected chi connectivity index (χ3v) is 1.93. The number of pyridine rings is 1. The van der Waals surface area contributed by atoms with Gasteiger partial charge in [-0.15, -0.1) is 10.2 Å². The molecule has 0 amide bonds. The number of carbonyl (C=O) groups is 1. The number of hydrogen-bond acceptors (Lipinski definition) is 5. The molecule has 0 unspecified atom stereocenters. The molecule has 2 rings (SSSR count). The summed E-state index contributed by atoms with van der Waals surface area (Å²) in [6, 6.07) is 3.18. The minimum Gasteiger partial charge on any atom is -0.397 e. The molecule has 76 valence electrons. The van der Waals surface area contributed by atoms with Crippen molar-refractivity contribution in [1.29, 1.82) is 0 Å². The number of aryl methyl sites for hydroxylation is 1. The van der Waals surface area contributed by atoms with E-state index in [0.717, 1.165) is 0 Å². The first-order chi connectivity index (χ1) is 7.18. The Morgan fingerprint density at radius 3 is 2.80 bits per heavy atom. The summed E-state index contributed by atoms with van der Waals surface area (Å²) in [5.74, 6) is -0.0118. The highest BCUT2D eigenvalue weighted by Crippen LogP contribution is 2.06. The second kappa shape index (κ2) is 3.49. The first-order valence-electron chi connectivity index (χ1n) is 4.28. The van der Waals surface area contributed by atoms with Gasteiger partial charge >= 0.3 is 0 Å². The van der Waals surface area contributed by atoms with Gasteiger partial charge in [0.15, 0.2) is 0 Å². The quantitative estimate of drug-likeness (QED) is 0.695. The summed E-state index contributed by atoms with van der Waals surface area (Å²) in [7, 11) is 1.70. The second-order valence-corrected chi connectivity index (χ2v) is 3.07. The van der Waals surface area contributed by atoms with Gasteiger partial charge in [-0.1, -0.05) is 0 Å². The molecule has 0 aliphatic rings. The molecule has 0 radical (unpaired) electrons. The Balaban J connectivity index is 2.37. The Bertz CT molecular complexity index is 487. The molecule has 0 atom stereocenters. The van der Waals surface area contributed by atoms with E-state index in [9.17, 15) is 4.79 Å². The first kappa shape index (κ1) is 9.32. The van der Waals surface area contributed by atoms with Gasteiger partial charge in [-0.05, 0) is 12.1 Å². The van der Waals surface area contributed by atoms with Crippen molar-refractivity contribution in [1.82, 2.24) is 19.7 Å². The number of aromatic nitrogens is 4. The maximum absolute atomic E-state index is 11.8. The predicted molar refractivity (Wildman–Crippen MR) is 53.1 cm³/mol. The van der Waals surface area contributed by atoms with Gasteiger partial charge in [0, 0.05) is 7.05 Å². The van der Waals surface area contributed by atoms with Crippen molar-refractivity contribution in [2.24, 2.45) is 7.05 Å². The van der Waals surface area contributed by atoms with Gasteiger partial charge in [0.1, 0.15) is 12.0 Å². The van der Waals surface area contributed by atoms with E-state index >= 15 is 0 Å². The standard InChI is InChI=1S/C9H9N5O/c1-14-5-12-13-9(14)8(15)7-3-2-6(10)4-11-7/h2-5H,10H2,1H3. The van der Waals surface area contributed by atoms with Gasteiger partial charge in [0.05, 0.1) is 11.9 Å². The number of ketones is 1. The fourth-order valence-electron chi connectivity index (χ4n) is 1.14. The summed E-state index contributed by atoms with van der Waals surface area (Å²) in [5.41, 5.74) is 6.29. The van der Waals surface area contributed by atoms with Crippen LogP contribution in [-0.4, -0.2) is 25.5 Å². The minimum atomic E-state index is -0.269. The zero-order valence-corrected chi connectivity index (χ0v) is 8.08. The summed E-state index contributed by atoms with van der Waals surface area (Å²) < 4.78 is 1.54. The molecule has 6 nitrogen and oxygen atoms in total. The van der Waals surface area contributed by atoms with Gasteiger partial charge in [-0.2, -0.15) is 0 Å². The van der Waals surface area contributed by atoms with E-state index < -0.39 is 0 Å². The van der Waals surface area contributed by atoms with Crippen LogP contribution in [0.1, 0.15) is 16.3 Å². The number of nitrogens with two attached hydrogens (primary N) is 1. The molecule has 2 aromatic rings. The van der Waals surface area contributed by atoms with E-state index in [1.54, 1.807) is 23.7 Å². The van der Waals surface area contributed by atoms with Crippen molar-refractivity contribution in [3.05, 3.63) is 36.2 Å². The summed E-state index contributed by atoms with van der Waals surface area (Å²) in [6.07, 6.45) is 2.90. The highest BCUT2D eigenvalue weighted by Gasteiger charge is 2.15. The first-order valence-corrected chi connectivity index (χ1v) is 4.28. The normalized spacial score (nSPS) is 10.2. The lowest BCUT2D eigenvalue weighted by Gasteiger charge is -1.99. The zero-order valence-electron chi connectivity index (χ0n) is 8.08. The molecule has 0 bridgehead atoms. The SMILES string of the molecule is Cn1cnnc1C(=O)c1ccc(N)cn1. The molecule has 2 aromatic heterocycles. The topological polar surface area (TPSA) is 86.7 Å². The van der Waals surface area contributed by atoms with Crippen LogP contribution in [0.4, 0.5) is 5.69 Å². The predicted octanol–water partition coefficient (Wildman–Crippen LogP) is 0.0233. The molecule has 2 N–H and O–H groups in total. The summed E-state index contributed by atoms with van der Waals surface area (Å²) in [4.78, 5) is 15.7. The average molecular weight is 203 g/mol. The van der Waals surface area contributed by atoms with Crippen molar-refractivity contribution >= 4 is 11.5 Å². The van der Waals surface area contributed by atoms with Crippen LogP contribution in [0.15, 0.2) is 24.7 Å². The lowest BCUT2D eigenvalue weighted by atomic mass is 10.2. The van der Waals surface area contributed by atoms with Gasteiger partial charge in [0.25, 0.3) is 0 Å². The molecule has 0 saturated carbocycles. The highest BCUT2D eigenvalue weighted by molar-refractivity contribution is 6.05. The van der Waals surface area contributed by atoms with Crippen molar-refractivity contribution in [2.45, 2.75) is 0 Å². The van der Waals surface area contributed by atoms with Crippen LogP contribution in [0.25, 0.3) is 0 Å². The fraction of sp³-hybridized carbons (Fsp3) is 0.111. The average Bonchev–Trinajstić information content (AvgIpc) is 2.65. The van der Waals surface area contributed by atoms with E-state index in [-0.39, 0.29) is 11.6 Å². The maximum Gasteiger partial charge on any atom is 0.248 e. The Morgan fingerprint density at radius 1 is 1.47 bits per heavy atom. The van der Waals surface area contributed by atoms with E-state index in [1.807, 2.05) is 0 Å². The summed E-state index contributed by atoms with van der Waals surface area (Å²) in [6.45, 7) is 0. The van der Waals surface area contributed by atoms with Crippen molar-refractivity contribution in [2.75, 3.05) is 5.73 Å². The van der Waals surface area contributed by atoms with Gasteiger partial charge in [-0.25, -0.2) is 0 Å². The lowest BCUT2D eigenvalue weighted by molar-refractivity contribution is 0.102. The number of nitrogen functional groups attached to an aromatic ring is 1. The van der Waals surface area contributed by atoms with Gasteiger partial charge in [-0.3, -0.25) is 9.78 Å². The maximum atomic E-state index is 11.8. The second-order valence-electron chi connectivity index (χ2n) is 3.07. The number of hydrogen-bond donors (Lipinski definition) is 1. The molecule has 6 heteroatoms. The highest BCUT2D eigenvalue weighted by atomic mass is 16.1. The largest absolute Gasteiger partial charge is 0.397 e. The Labute approximate surface area is 85.8 Å². The van der Waals surface area contributed by atoms with Crippen molar-refractivity contribution in [3.63, 3.8) is 0 Å². The Hall–Kier alpha value is -2.24. The summed E-state index contributed by atoms with van der Waals surface area (Å²) >= 11 is 0. The number of anilines is 1. The number of rotatable bonds is 2. The van der Waals surface area contributed by atoms with Crippen LogP contribution in [0, 0.1) is 0 Å². The van der Waals surface area contributed by atoms with Gasteiger partial charge in [0.2, 0.25) is 11.6 Å². The fourth-order valence-corrected chi connectivity index (χ4v) is 1.14. The molecule has 0 aromatic carbocycles. The third-order valence-electron chi connectivity index (χ3n) is 1.93. The molecule has 0 spiro atoms. The summed E-state index contributed by atoms with van der Waals surface area (Å²) in [5, 5.41) is 7.33. The van der Waals surface area contributed by atoms with Crippen LogP contribution >= 0.6 is 0 Å². The van der Waals surface area contributed by atoms with Crippen LogP contribution in [0.5, 0.6) is 0 Å². The Kier molecular flexibility index (Phi) is 2.17. The molecule has 15 heavy (non-hydrogen) atoms. The molecular formula is C9H9N5O. The monoisotopic (exact) mass is 203 g/mol.